The molecular weight excluding hydrogens is 326 g/mol. The third-order valence-corrected chi connectivity index (χ3v) is 3.25. The Morgan fingerprint density at radius 2 is 2.25 bits per heavy atom. The van der Waals surface area contributed by atoms with Crippen LogP contribution in [0.25, 0.3) is 0 Å². The zero-order valence-corrected chi connectivity index (χ0v) is 13.3. The van der Waals surface area contributed by atoms with Gasteiger partial charge in [0.25, 0.3) is 0 Å². The molecule has 0 fully saturated rings. The van der Waals surface area contributed by atoms with Crippen LogP contribution in [0.2, 0.25) is 0 Å². The molecule has 0 aromatic heterocycles. The van der Waals surface area contributed by atoms with Gasteiger partial charge in [0.15, 0.2) is 0 Å². The monoisotopic (exact) mass is 345 g/mol. The first-order valence-electron chi connectivity index (χ1n) is 6.37. The molecule has 0 amide bonds. The van der Waals surface area contributed by atoms with Crippen molar-refractivity contribution in [2.24, 2.45) is 0 Å². The molecule has 0 saturated carbocycles. The fourth-order valence-electron chi connectivity index (χ4n) is 1.53. The number of esters is 1. The Bertz CT molecular complexity index is 439. The van der Waals surface area contributed by atoms with Gasteiger partial charge in [0.1, 0.15) is 18.5 Å². The van der Waals surface area contributed by atoms with Gasteiger partial charge < -0.3 is 19.9 Å². The van der Waals surface area contributed by atoms with Gasteiger partial charge in [0.05, 0.1) is 18.0 Å². The van der Waals surface area contributed by atoms with Crippen LogP contribution < -0.4 is 10.1 Å². The fourth-order valence-corrected chi connectivity index (χ4v) is 2.14. The number of carbonyl (C=O) groups is 1. The first-order chi connectivity index (χ1) is 9.52. The highest BCUT2D eigenvalue weighted by Crippen LogP contribution is 2.25. The lowest BCUT2D eigenvalue weighted by Gasteiger charge is -2.14. The Morgan fingerprint density at radius 3 is 2.90 bits per heavy atom. The van der Waals surface area contributed by atoms with Crippen LogP contribution in [0, 0.1) is 6.92 Å². The number of hydrogen-bond acceptors (Lipinski definition) is 5. The van der Waals surface area contributed by atoms with E-state index in [-0.39, 0.29) is 19.0 Å². The molecule has 0 aliphatic heterocycles. The summed E-state index contributed by atoms with van der Waals surface area (Å²) in [5.74, 6) is 0.427. The van der Waals surface area contributed by atoms with E-state index in [9.17, 15) is 9.90 Å². The summed E-state index contributed by atoms with van der Waals surface area (Å²) in [6.07, 6.45) is -0.353. The summed E-state index contributed by atoms with van der Waals surface area (Å²) in [7, 11) is 1.35. The zero-order chi connectivity index (χ0) is 15.0. The maximum absolute atomic E-state index is 10.9. The summed E-state index contributed by atoms with van der Waals surface area (Å²) >= 11 is 3.41. The molecule has 1 unspecified atom stereocenters. The zero-order valence-electron chi connectivity index (χ0n) is 11.7. The molecule has 1 aromatic rings. The number of nitrogens with one attached hydrogen (secondary N) is 1. The molecule has 0 aliphatic carbocycles. The molecule has 1 atom stereocenters. The molecule has 2 N–H and O–H groups in total. The largest absolute Gasteiger partial charge is 0.490 e. The normalized spacial score (nSPS) is 12.0. The van der Waals surface area contributed by atoms with Crippen molar-refractivity contribution >= 4 is 21.9 Å². The summed E-state index contributed by atoms with van der Waals surface area (Å²) in [5.41, 5.74) is 1.13. The summed E-state index contributed by atoms with van der Waals surface area (Å²) in [5, 5.41) is 12.7. The van der Waals surface area contributed by atoms with Crippen LogP contribution in [-0.4, -0.2) is 44.0 Å². The molecule has 6 heteroatoms. The van der Waals surface area contributed by atoms with Crippen LogP contribution in [0.5, 0.6) is 5.75 Å². The number of aryl methyl sites for hydroxylation is 1. The Kier molecular flexibility index (Phi) is 7.58. The van der Waals surface area contributed by atoms with Crippen LogP contribution in [0.15, 0.2) is 22.7 Å². The summed E-state index contributed by atoms with van der Waals surface area (Å²) < 4.78 is 10.9. The van der Waals surface area contributed by atoms with E-state index in [2.05, 4.69) is 26.0 Å². The lowest BCUT2D eigenvalue weighted by atomic mass is 10.2. The van der Waals surface area contributed by atoms with Gasteiger partial charge in [-0.05, 0) is 40.5 Å². The Hall–Kier alpha value is -1.11. The number of aliphatic hydroxyl groups is 1. The molecular formula is C14H20BrNO4. The maximum atomic E-state index is 10.9. The fraction of sp³-hybridized carbons (Fsp3) is 0.500. The topological polar surface area (TPSA) is 67.8 Å². The van der Waals surface area contributed by atoms with E-state index in [4.69, 9.17) is 4.74 Å². The molecule has 0 heterocycles. The Labute approximate surface area is 127 Å². The Balaban J connectivity index is 2.22. The van der Waals surface area contributed by atoms with Crippen LogP contribution >= 0.6 is 15.9 Å². The first-order valence-corrected chi connectivity index (χ1v) is 7.16. The molecule has 20 heavy (non-hydrogen) atoms. The maximum Gasteiger partial charge on any atom is 0.306 e. The van der Waals surface area contributed by atoms with E-state index in [1.807, 2.05) is 25.1 Å². The van der Waals surface area contributed by atoms with Crippen molar-refractivity contribution < 1.29 is 19.4 Å². The van der Waals surface area contributed by atoms with E-state index < -0.39 is 6.10 Å². The molecule has 0 saturated heterocycles. The molecule has 1 aromatic carbocycles. The second kappa shape index (κ2) is 8.94. The van der Waals surface area contributed by atoms with Crippen molar-refractivity contribution in [3.8, 4) is 5.75 Å². The highest BCUT2D eigenvalue weighted by atomic mass is 79.9. The minimum atomic E-state index is -0.638. The van der Waals surface area contributed by atoms with Crippen molar-refractivity contribution in [1.82, 2.24) is 5.32 Å². The van der Waals surface area contributed by atoms with Gasteiger partial charge >= 0.3 is 5.97 Å². The molecule has 5 nitrogen and oxygen atoms in total. The number of aliphatic hydroxyl groups excluding tert-OH is 1. The highest BCUT2D eigenvalue weighted by molar-refractivity contribution is 9.10. The van der Waals surface area contributed by atoms with Crippen molar-refractivity contribution in [3.63, 3.8) is 0 Å². The minimum Gasteiger partial charge on any atom is -0.490 e. The van der Waals surface area contributed by atoms with E-state index >= 15 is 0 Å². The lowest BCUT2D eigenvalue weighted by Crippen LogP contribution is -2.32. The summed E-state index contributed by atoms with van der Waals surface area (Å²) in [6.45, 7) is 3.01. The second-order valence-corrected chi connectivity index (χ2v) is 5.28. The number of carbonyl (C=O) groups excluding carboxylic acids is 1. The lowest BCUT2D eigenvalue weighted by molar-refractivity contribution is -0.140. The number of benzene rings is 1. The third-order valence-electron chi connectivity index (χ3n) is 2.63. The van der Waals surface area contributed by atoms with E-state index in [0.29, 0.717) is 18.8 Å². The quantitative estimate of drug-likeness (QED) is 0.553. The number of halogens is 1. The molecule has 1 rings (SSSR count). The van der Waals surface area contributed by atoms with Crippen LogP contribution in [0.1, 0.15) is 12.0 Å². The standard InChI is InChI=1S/C14H20BrNO4/c1-10-3-4-13(12(15)7-10)20-9-11(17)8-16-6-5-14(18)19-2/h3-4,7,11,16-17H,5-6,8-9H2,1-2H3. The summed E-state index contributed by atoms with van der Waals surface area (Å²) in [6, 6.07) is 5.76. The van der Waals surface area contributed by atoms with Crippen molar-refractivity contribution in [1.29, 1.82) is 0 Å². The van der Waals surface area contributed by atoms with Crippen molar-refractivity contribution in [2.75, 3.05) is 26.8 Å². The second-order valence-electron chi connectivity index (χ2n) is 4.43. The van der Waals surface area contributed by atoms with Crippen LogP contribution in [0.4, 0.5) is 0 Å². The molecule has 112 valence electrons. The average Bonchev–Trinajstić information content (AvgIpc) is 2.42. The van der Waals surface area contributed by atoms with Crippen molar-refractivity contribution in [3.05, 3.63) is 28.2 Å². The average molecular weight is 346 g/mol. The van der Waals surface area contributed by atoms with Crippen molar-refractivity contribution in [2.45, 2.75) is 19.4 Å². The highest BCUT2D eigenvalue weighted by Gasteiger charge is 2.08. The van der Waals surface area contributed by atoms with Gasteiger partial charge in [-0.1, -0.05) is 6.07 Å². The molecule has 0 radical (unpaired) electrons. The van der Waals surface area contributed by atoms with Gasteiger partial charge in [0, 0.05) is 13.1 Å². The smallest absolute Gasteiger partial charge is 0.306 e. The summed E-state index contributed by atoms with van der Waals surface area (Å²) in [4.78, 5) is 10.9. The predicted octanol–water partition coefficient (Wildman–Crippen LogP) is 1.65. The number of hydrogen-bond donors (Lipinski definition) is 2. The first kappa shape index (κ1) is 16.9. The van der Waals surface area contributed by atoms with E-state index in [1.165, 1.54) is 7.11 Å². The van der Waals surface area contributed by atoms with E-state index in [1.54, 1.807) is 0 Å². The van der Waals surface area contributed by atoms with Gasteiger partial charge in [-0.25, -0.2) is 0 Å². The molecule has 0 spiro atoms. The SMILES string of the molecule is COC(=O)CCNCC(O)COc1ccc(C)cc1Br. The number of ether oxygens (including phenoxy) is 2. The number of rotatable bonds is 8. The molecule has 0 bridgehead atoms. The van der Waals surface area contributed by atoms with Crippen LogP contribution in [-0.2, 0) is 9.53 Å². The van der Waals surface area contributed by atoms with Gasteiger partial charge in [-0.2, -0.15) is 0 Å². The minimum absolute atomic E-state index is 0.187. The predicted molar refractivity (Wildman–Crippen MR) is 79.9 cm³/mol. The third kappa shape index (κ3) is 6.36. The van der Waals surface area contributed by atoms with Gasteiger partial charge in [-0.3, -0.25) is 4.79 Å². The van der Waals surface area contributed by atoms with E-state index in [0.717, 1.165) is 10.0 Å². The van der Waals surface area contributed by atoms with Gasteiger partial charge in [0.2, 0.25) is 0 Å². The Morgan fingerprint density at radius 1 is 1.50 bits per heavy atom. The van der Waals surface area contributed by atoms with Gasteiger partial charge in [-0.15, -0.1) is 0 Å². The number of methoxy groups -OCH3 is 1. The molecule has 0 aliphatic rings. The van der Waals surface area contributed by atoms with Crippen LogP contribution in [0.3, 0.4) is 0 Å².